The van der Waals surface area contributed by atoms with E-state index in [-0.39, 0.29) is 41.8 Å². The van der Waals surface area contributed by atoms with E-state index in [9.17, 15) is 40.8 Å². The first-order chi connectivity index (χ1) is 14.2. The number of nitro benzene ring substituents is 1. The second kappa shape index (κ2) is 12.8. The average molecular weight is 486 g/mol. The summed E-state index contributed by atoms with van der Waals surface area (Å²) in [6, 6.07) is 5.76. The Balaban J connectivity index is 0.00000480. The number of para-hydroxylation sites is 1. The Hall–Kier alpha value is -1.06. The number of nitrogens with zero attached hydrogens (tertiary/aromatic N) is 1. The monoisotopic (exact) mass is 485 g/mol. The van der Waals surface area contributed by atoms with Crippen LogP contribution in [-0.4, -0.2) is 107 Å². The Morgan fingerprint density at radius 1 is 1.16 bits per heavy atom. The third-order valence-corrected chi connectivity index (χ3v) is 7.89. The van der Waals surface area contributed by atoms with Crippen molar-refractivity contribution in [1.29, 1.82) is 0 Å². The number of benzene rings is 1. The smallest absolute Gasteiger partial charge is 0.274 e. The van der Waals surface area contributed by atoms with Crippen molar-refractivity contribution in [3.8, 4) is 0 Å². The SMILES string of the molecule is O=[N+]([O-])c1ccccc1CO[C@H]([C@H](O)[C@@H](O)CO)[C@H](O)C[S+]1C[C@@H](O)[C@H](O)[C@H]1CO.[Cl-]. The molecule has 11 nitrogen and oxygen atoms in total. The summed E-state index contributed by atoms with van der Waals surface area (Å²) in [5, 5.41) is 79.7. The molecule has 2 rings (SSSR count). The lowest BCUT2D eigenvalue weighted by Gasteiger charge is -2.29. The number of nitro groups is 1. The van der Waals surface area contributed by atoms with Gasteiger partial charge in [-0.3, -0.25) is 10.1 Å². The van der Waals surface area contributed by atoms with E-state index >= 15 is 0 Å². The van der Waals surface area contributed by atoms with Gasteiger partial charge in [-0.2, -0.15) is 0 Å². The highest BCUT2D eigenvalue weighted by Crippen LogP contribution is 2.27. The highest BCUT2D eigenvalue weighted by molar-refractivity contribution is 7.97. The molecule has 7 N–H and O–H groups in total. The van der Waals surface area contributed by atoms with E-state index < -0.39 is 70.9 Å². The molecule has 0 aromatic heterocycles. The topological polar surface area (TPSA) is 194 Å². The molecule has 1 saturated heterocycles. The van der Waals surface area contributed by atoms with Gasteiger partial charge in [0.15, 0.2) is 5.25 Å². The fraction of sp³-hybridized carbons (Fsp3) is 0.667. The van der Waals surface area contributed by atoms with Crippen LogP contribution in [0.4, 0.5) is 5.69 Å². The summed E-state index contributed by atoms with van der Waals surface area (Å²) < 4.78 is 5.54. The first-order valence-electron chi connectivity index (χ1n) is 9.33. The van der Waals surface area contributed by atoms with Gasteiger partial charge >= 0.3 is 0 Å². The van der Waals surface area contributed by atoms with Gasteiger partial charge in [0.1, 0.15) is 48.1 Å². The molecule has 0 aliphatic carbocycles. The third-order valence-electron chi connectivity index (χ3n) is 5.07. The van der Waals surface area contributed by atoms with Gasteiger partial charge in [0.25, 0.3) is 5.69 Å². The van der Waals surface area contributed by atoms with Crippen molar-refractivity contribution in [3.63, 3.8) is 0 Å². The van der Waals surface area contributed by atoms with Crippen LogP contribution in [0.15, 0.2) is 24.3 Å². The average Bonchev–Trinajstić information content (AvgIpc) is 2.99. The summed E-state index contributed by atoms with van der Waals surface area (Å²) >= 11 is 0. The molecule has 1 heterocycles. The first kappa shape index (κ1) is 28.0. The summed E-state index contributed by atoms with van der Waals surface area (Å²) in [6.45, 7) is -1.56. The summed E-state index contributed by atoms with van der Waals surface area (Å²) in [5.41, 5.74) is -0.0278. The predicted octanol–water partition coefficient (Wildman–Crippen LogP) is -5.73. The predicted molar refractivity (Wildman–Crippen MR) is 107 cm³/mol. The summed E-state index contributed by atoms with van der Waals surface area (Å²) in [4.78, 5) is 10.6. The molecule has 0 bridgehead atoms. The number of ether oxygens (including phenoxy) is 1. The minimum Gasteiger partial charge on any atom is -1.00 e. The van der Waals surface area contributed by atoms with Crippen molar-refractivity contribution < 1.29 is 57.8 Å². The van der Waals surface area contributed by atoms with E-state index in [0.717, 1.165) is 0 Å². The van der Waals surface area contributed by atoms with Gasteiger partial charge in [0.2, 0.25) is 0 Å². The Bertz CT molecular complexity index is 701. The van der Waals surface area contributed by atoms with E-state index in [4.69, 9.17) is 9.84 Å². The maximum absolute atomic E-state index is 11.2. The highest BCUT2D eigenvalue weighted by Gasteiger charge is 2.51. The molecule has 0 radical (unpaired) electrons. The minimum absolute atomic E-state index is 0. The molecule has 1 aromatic carbocycles. The van der Waals surface area contributed by atoms with E-state index in [1.165, 1.54) is 18.2 Å². The van der Waals surface area contributed by atoms with Gasteiger partial charge in [-0.15, -0.1) is 0 Å². The lowest BCUT2D eigenvalue weighted by atomic mass is 10.0. The normalized spacial score (nSPS) is 27.2. The van der Waals surface area contributed by atoms with Crippen LogP contribution in [0, 0.1) is 10.1 Å². The molecule has 1 aromatic rings. The molecular formula is C18H28ClNO10S. The number of hydrogen-bond donors (Lipinski definition) is 7. The third kappa shape index (κ3) is 6.96. The second-order valence-electron chi connectivity index (χ2n) is 7.12. The summed E-state index contributed by atoms with van der Waals surface area (Å²) in [6.07, 6.45) is -8.37. The number of halogens is 1. The quantitative estimate of drug-likeness (QED) is 0.0901. The molecular weight excluding hydrogens is 458 g/mol. The number of rotatable bonds is 11. The van der Waals surface area contributed by atoms with Crippen molar-refractivity contribution in [2.24, 2.45) is 0 Å². The van der Waals surface area contributed by atoms with E-state index in [1.807, 2.05) is 0 Å². The molecule has 1 aliphatic rings. The van der Waals surface area contributed by atoms with Gasteiger partial charge < -0.3 is 52.9 Å². The van der Waals surface area contributed by atoms with Crippen molar-refractivity contribution in [1.82, 2.24) is 0 Å². The van der Waals surface area contributed by atoms with Crippen molar-refractivity contribution in [3.05, 3.63) is 39.9 Å². The molecule has 0 saturated carbocycles. The fourth-order valence-electron chi connectivity index (χ4n) is 3.37. The van der Waals surface area contributed by atoms with E-state index in [1.54, 1.807) is 6.07 Å². The fourth-order valence-corrected chi connectivity index (χ4v) is 6.05. The largest absolute Gasteiger partial charge is 1.00 e. The Morgan fingerprint density at radius 3 is 2.39 bits per heavy atom. The molecule has 8 atom stereocenters. The first-order valence-corrected chi connectivity index (χ1v) is 11.0. The number of hydrogen-bond acceptors (Lipinski definition) is 10. The number of aliphatic hydroxyl groups is 7. The summed E-state index contributed by atoms with van der Waals surface area (Å²) in [7, 11) is -0.811. The van der Waals surface area contributed by atoms with Gasteiger partial charge in [-0.05, 0) is 6.07 Å². The molecule has 31 heavy (non-hydrogen) atoms. The van der Waals surface area contributed by atoms with Crippen LogP contribution in [0.5, 0.6) is 0 Å². The zero-order valence-corrected chi connectivity index (χ0v) is 18.0. The summed E-state index contributed by atoms with van der Waals surface area (Å²) in [5.74, 6) is 0.0785. The van der Waals surface area contributed by atoms with Gasteiger partial charge in [-0.1, -0.05) is 12.1 Å². The Kier molecular flexibility index (Phi) is 11.6. The van der Waals surface area contributed by atoms with E-state index in [0.29, 0.717) is 0 Å². The maximum atomic E-state index is 11.2. The zero-order valence-electron chi connectivity index (χ0n) is 16.5. The van der Waals surface area contributed by atoms with Gasteiger partial charge in [0, 0.05) is 17.0 Å². The van der Waals surface area contributed by atoms with Crippen molar-refractivity contribution in [2.75, 3.05) is 24.7 Å². The van der Waals surface area contributed by atoms with Crippen LogP contribution < -0.4 is 12.4 Å². The standard InChI is InChI=1S/C18H28NO10S.ClH/c20-5-12(22)17(26)18(29-7-10-3-1-2-4-11(10)19(27)28)14(24)9-30-8-13(23)16(25)15(30)6-21;/h1-4,12-18,20-26H,5-9H2;1H/q+1;/p-1/t12-,13+,14+,15+,16-,17+,18-,30?;/m0./s1. The molecule has 0 amide bonds. The Labute approximate surface area is 187 Å². The van der Waals surface area contributed by atoms with Crippen LogP contribution in [0.3, 0.4) is 0 Å². The molecule has 1 unspecified atom stereocenters. The van der Waals surface area contributed by atoms with Crippen LogP contribution in [-0.2, 0) is 22.2 Å². The Morgan fingerprint density at radius 2 is 1.81 bits per heavy atom. The van der Waals surface area contributed by atoms with E-state index in [2.05, 4.69) is 0 Å². The lowest BCUT2D eigenvalue weighted by Crippen LogP contribution is -3.00. The van der Waals surface area contributed by atoms with Crippen molar-refractivity contribution in [2.45, 2.75) is 48.5 Å². The maximum Gasteiger partial charge on any atom is 0.274 e. The van der Waals surface area contributed by atoms with Crippen LogP contribution in [0.2, 0.25) is 0 Å². The van der Waals surface area contributed by atoms with Crippen LogP contribution in [0.1, 0.15) is 5.56 Å². The molecule has 0 spiro atoms. The minimum atomic E-state index is -1.71. The van der Waals surface area contributed by atoms with Crippen LogP contribution in [0.25, 0.3) is 0 Å². The van der Waals surface area contributed by atoms with Crippen LogP contribution >= 0.6 is 0 Å². The van der Waals surface area contributed by atoms with Gasteiger partial charge in [-0.25, -0.2) is 0 Å². The second-order valence-corrected chi connectivity index (χ2v) is 9.47. The molecule has 1 fully saturated rings. The molecule has 178 valence electrons. The van der Waals surface area contributed by atoms with Gasteiger partial charge in [0.05, 0.1) is 30.3 Å². The number of aliphatic hydroxyl groups excluding tert-OH is 7. The lowest BCUT2D eigenvalue weighted by molar-refractivity contribution is -0.386. The van der Waals surface area contributed by atoms with Crippen molar-refractivity contribution >= 4 is 16.6 Å². The molecule has 1 aliphatic heterocycles. The highest BCUT2D eigenvalue weighted by atomic mass is 35.5. The zero-order chi connectivity index (χ0) is 22.4. The molecule has 13 heteroatoms.